The van der Waals surface area contributed by atoms with E-state index in [9.17, 15) is 0 Å². The highest BCUT2D eigenvalue weighted by Crippen LogP contribution is 2.25. The van der Waals surface area contributed by atoms with E-state index in [1.54, 1.807) is 11.3 Å². The van der Waals surface area contributed by atoms with Crippen LogP contribution in [0, 0.1) is 0 Å². The molecule has 0 atom stereocenters. The number of aromatic nitrogens is 2. The molecule has 0 saturated heterocycles. The van der Waals surface area contributed by atoms with Crippen molar-refractivity contribution in [3.05, 3.63) is 17.3 Å². The van der Waals surface area contributed by atoms with Gasteiger partial charge in [0.25, 0.3) is 0 Å². The summed E-state index contributed by atoms with van der Waals surface area (Å²) >= 11 is 1.67. The zero-order chi connectivity index (χ0) is 13.8. The number of fused-ring (bicyclic) bond motifs is 1. The molecule has 0 radical (unpaired) electrons. The second kappa shape index (κ2) is 6.30. The Labute approximate surface area is 118 Å². The van der Waals surface area contributed by atoms with Gasteiger partial charge in [-0.3, -0.25) is 4.90 Å². The Hall–Kier alpha value is -1.20. The van der Waals surface area contributed by atoms with Crippen LogP contribution in [0.4, 0.5) is 5.82 Å². The molecule has 4 nitrogen and oxygen atoms in total. The molecule has 2 aromatic rings. The predicted octanol–water partition coefficient (Wildman–Crippen LogP) is 3.35. The maximum absolute atomic E-state index is 4.67. The summed E-state index contributed by atoms with van der Waals surface area (Å²) in [6.45, 7) is 8.54. The summed E-state index contributed by atoms with van der Waals surface area (Å²) in [6.07, 6.45) is 1.15. The fraction of sp³-hybridized carbons (Fsp3) is 0.571. The van der Waals surface area contributed by atoms with E-state index < -0.39 is 0 Å². The molecule has 0 unspecified atom stereocenters. The van der Waals surface area contributed by atoms with E-state index in [-0.39, 0.29) is 0 Å². The highest BCUT2D eigenvalue weighted by molar-refractivity contribution is 7.16. The van der Waals surface area contributed by atoms with Crippen LogP contribution in [0.15, 0.2) is 11.4 Å². The molecule has 0 fully saturated rings. The van der Waals surface area contributed by atoms with Gasteiger partial charge in [-0.15, -0.1) is 11.3 Å². The monoisotopic (exact) mass is 278 g/mol. The first-order valence-electron chi connectivity index (χ1n) is 6.81. The third-order valence-electron chi connectivity index (χ3n) is 3.19. The van der Waals surface area contributed by atoms with Gasteiger partial charge in [0.2, 0.25) is 0 Å². The molecule has 104 valence electrons. The van der Waals surface area contributed by atoms with Crippen LogP contribution in [0.1, 0.15) is 33.0 Å². The summed E-state index contributed by atoms with van der Waals surface area (Å²) in [5.41, 5.74) is 0. The van der Waals surface area contributed by atoms with Crippen molar-refractivity contribution >= 4 is 27.4 Å². The lowest BCUT2D eigenvalue weighted by Gasteiger charge is -2.25. The van der Waals surface area contributed by atoms with Crippen LogP contribution in [0.2, 0.25) is 0 Å². The first-order chi connectivity index (χ1) is 9.15. The molecule has 0 aliphatic carbocycles. The van der Waals surface area contributed by atoms with Gasteiger partial charge in [0, 0.05) is 13.1 Å². The lowest BCUT2D eigenvalue weighted by molar-refractivity contribution is 0.208. The van der Waals surface area contributed by atoms with Crippen LogP contribution in [0.25, 0.3) is 10.2 Å². The second-order valence-electron chi connectivity index (χ2n) is 4.94. The largest absolute Gasteiger partial charge is 0.372 e. The number of hydrogen-bond donors (Lipinski definition) is 1. The topological polar surface area (TPSA) is 41.1 Å². The SMILES string of the molecule is CCCN(Cc1nc(NC)c2ccsc2n1)C(C)C. The average molecular weight is 278 g/mol. The maximum atomic E-state index is 4.67. The van der Waals surface area contributed by atoms with Crippen LogP contribution in [0.5, 0.6) is 0 Å². The first kappa shape index (κ1) is 14.2. The minimum atomic E-state index is 0.514. The minimum Gasteiger partial charge on any atom is -0.372 e. The van der Waals surface area contributed by atoms with Crippen molar-refractivity contribution in [1.29, 1.82) is 0 Å². The fourth-order valence-electron chi connectivity index (χ4n) is 2.15. The van der Waals surface area contributed by atoms with Crippen LogP contribution in [-0.4, -0.2) is 34.5 Å². The Kier molecular flexibility index (Phi) is 4.71. The number of hydrogen-bond acceptors (Lipinski definition) is 5. The zero-order valence-electron chi connectivity index (χ0n) is 12.1. The van der Waals surface area contributed by atoms with Gasteiger partial charge in [-0.1, -0.05) is 6.92 Å². The molecule has 5 heteroatoms. The number of nitrogens with zero attached hydrogens (tertiary/aromatic N) is 3. The molecule has 0 saturated carbocycles. The maximum Gasteiger partial charge on any atom is 0.146 e. The van der Waals surface area contributed by atoms with Crippen molar-refractivity contribution in [3.63, 3.8) is 0 Å². The van der Waals surface area contributed by atoms with Gasteiger partial charge in [-0.25, -0.2) is 9.97 Å². The van der Waals surface area contributed by atoms with Crippen molar-refractivity contribution in [2.75, 3.05) is 18.9 Å². The first-order valence-corrected chi connectivity index (χ1v) is 7.69. The minimum absolute atomic E-state index is 0.514. The predicted molar refractivity (Wildman–Crippen MR) is 82.8 cm³/mol. The lowest BCUT2D eigenvalue weighted by atomic mass is 10.3. The second-order valence-corrected chi connectivity index (χ2v) is 5.84. The normalized spacial score (nSPS) is 11.7. The molecule has 1 N–H and O–H groups in total. The molecule has 19 heavy (non-hydrogen) atoms. The van der Waals surface area contributed by atoms with E-state index in [4.69, 9.17) is 0 Å². The molecular formula is C14H22N4S. The Morgan fingerprint density at radius 2 is 2.16 bits per heavy atom. The smallest absolute Gasteiger partial charge is 0.146 e. The molecule has 0 spiro atoms. The molecule has 0 aliphatic rings. The average Bonchev–Trinajstić information content (AvgIpc) is 2.85. The number of anilines is 1. The van der Waals surface area contributed by atoms with Crippen molar-refractivity contribution in [3.8, 4) is 0 Å². The third-order valence-corrected chi connectivity index (χ3v) is 4.00. The standard InChI is InChI=1S/C14H22N4S/c1-5-7-18(10(2)3)9-12-16-13(15-4)11-6-8-19-14(11)17-12/h6,8,10H,5,7,9H2,1-4H3,(H,15,16,17). The Balaban J connectivity index is 2.28. The molecular weight excluding hydrogens is 256 g/mol. The Morgan fingerprint density at radius 3 is 2.79 bits per heavy atom. The molecule has 0 aromatic carbocycles. The third kappa shape index (κ3) is 3.22. The van der Waals surface area contributed by atoms with Gasteiger partial charge < -0.3 is 5.32 Å². The van der Waals surface area contributed by atoms with E-state index in [0.29, 0.717) is 6.04 Å². The van der Waals surface area contributed by atoms with Gasteiger partial charge in [0.15, 0.2) is 0 Å². The molecule has 2 rings (SSSR count). The highest BCUT2D eigenvalue weighted by atomic mass is 32.1. The summed E-state index contributed by atoms with van der Waals surface area (Å²) in [5.74, 6) is 1.84. The molecule has 0 aliphatic heterocycles. The summed E-state index contributed by atoms with van der Waals surface area (Å²) < 4.78 is 0. The van der Waals surface area contributed by atoms with Gasteiger partial charge >= 0.3 is 0 Å². The van der Waals surface area contributed by atoms with E-state index in [1.165, 1.54) is 0 Å². The van der Waals surface area contributed by atoms with Crippen LogP contribution >= 0.6 is 11.3 Å². The highest BCUT2D eigenvalue weighted by Gasteiger charge is 2.13. The molecule has 2 heterocycles. The van der Waals surface area contributed by atoms with E-state index >= 15 is 0 Å². The molecule has 2 aromatic heterocycles. The summed E-state index contributed by atoms with van der Waals surface area (Å²) in [5, 5.41) is 6.35. The molecule has 0 bridgehead atoms. The van der Waals surface area contributed by atoms with Gasteiger partial charge in [-0.2, -0.15) is 0 Å². The van der Waals surface area contributed by atoms with Crippen LogP contribution in [0.3, 0.4) is 0 Å². The Morgan fingerprint density at radius 1 is 1.37 bits per heavy atom. The number of rotatable bonds is 6. The van der Waals surface area contributed by atoms with Crippen molar-refractivity contribution in [2.24, 2.45) is 0 Å². The van der Waals surface area contributed by atoms with Gasteiger partial charge in [-0.05, 0) is 38.3 Å². The zero-order valence-corrected chi connectivity index (χ0v) is 12.9. The quantitative estimate of drug-likeness (QED) is 0.879. The van der Waals surface area contributed by atoms with E-state index in [0.717, 1.165) is 41.4 Å². The summed E-state index contributed by atoms with van der Waals surface area (Å²) in [4.78, 5) is 12.8. The van der Waals surface area contributed by atoms with Gasteiger partial charge in [0.05, 0.1) is 11.9 Å². The van der Waals surface area contributed by atoms with Crippen molar-refractivity contribution < 1.29 is 0 Å². The van der Waals surface area contributed by atoms with Crippen molar-refractivity contribution in [2.45, 2.75) is 39.8 Å². The Bertz CT molecular complexity index is 535. The van der Waals surface area contributed by atoms with Gasteiger partial charge in [0.1, 0.15) is 16.5 Å². The number of nitrogens with one attached hydrogen (secondary N) is 1. The summed E-state index contributed by atoms with van der Waals surface area (Å²) in [6, 6.07) is 2.59. The fourth-order valence-corrected chi connectivity index (χ4v) is 2.93. The van der Waals surface area contributed by atoms with Crippen LogP contribution in [-0.2, 0) is 6.54 Å². The molecule has 0 amide bonds. The van der Waals surface area contributed by atoms with E-state index in [1.807, 2.05) is 7.05 Å². The van der Waals surface area contributed by atoms with E-state index in [2.05, 4.69) is 52.4 Å². The lowest BCUT2D eigenvalue weighted by Crippen LogP contribution is -2.31. The summed E-state index contributed by atoms with van der Waals surface area (Å²) in [7, 11) is 1.91. The van der Waals surface area contributed by atoms with Crippen molar-refractivity contribution in [1.82, 2.24) is 14.9 Å². The van der Waals surface area contributed by atoms with Crippen LogP contribution < -0.4 is 5.32 Å². The number of thiophene rings is 1.